The van der Waals surface area contributed by atoms with Crippen LogP contribution in [0.25, 0.3) is 0 Å². The van der Waals surface area contributed by atoms with E-state index in [0.717, 1.165) is 17.7 Å². The summed E-state index contributed by atoms with van der Waals surface area (Å²) in [5.41, 5.74) is 1.78. The van der Waals surface area contributed by atoms with Crippen molar-refractivity contribution in [3.63, 3.8) is 0 Å². The van der Waals surface area contributed by atoms with Gasteiger partial charge < -0.3 is 5.32 Å². The highest BCUT2D eigenvalue weighted by Gasteiger charge is 2.07. The summed E-state index contributed by atoms with van der Waals surface area (Å²) in [5.74, 6) is 0.468. The number of benzene rings is 1. The van der Waals surface area contributed by atoms with Crippen LogP contribution in [0.2, 0.25) is 5.02 Å². The number of hydrogen-bond donors (Lipinski definition) is 1. The number of rotatable bonds is 4. The molecule has 1 unspecified atom stereocenters. The lowest BCUT2D eigenvalue weighted by molar-refractivity contribution is -0.117. The standard InChI is InChI=1S/C13H18ClNO/c1-4-9(2)7-13(16)15-11-6-5-10(3)12(14)8-11/h5-6,8-9H,4,7H2,1-3H3,(H,15,16). The van der Waals surface area contributed by atoms with Gasteiger partial charge in [-0.1, -0.05) is 37.9 Å². The van der Waals surface area contributed by atoms with E-state index in [2.05, 4.69) is 19.2 Å². The normalized spacial score (nSPS) is 12.2. The molecule has 0 fully saturated rings. The maximum absolute atomic E-state index is 11.6. The summed E-state index contributed by atoms with van der Waals surface area (Å²) < 4.78 is 0. The SMILES string of the molecule is CCC(C)CC(=O)Nc1ccc(C)c(Cl)c1. The maximum atomic E-state index is 11.6. The molecule has 1 atom stereocenters. The Morgan fingerprint density at radius 1 is 1.50 bits per heavy atom. The smallest absolute Gasteiger partial charge is 0.224 e. The van der Waals surface area contributed by atoms with Gasteiger partial charge in [0.15, 0.2) is 0 Å². The minimum atomic E-state index is 0.0502. The Kier molecular flexibility index (Phi) is 4.81. The molecule has 1 aromatic rings. The van der Waals surface area contributed by atoms with Crippen LogP contribution in [0.5, 0.6) is 0 Å². The molecule has 1 rings (SSSR count). The van der Waals surface area contributed by atoms with E-state index in [1.807, 2.05) is 19.1 Å². The highest BCUT2D eigenvalue weighted by Crippen LogP contribution is 2.20. The number of hydrogen-bond acceptors (Lipinski definition) is 1. The Balaban J connectivity index is 2.59. The zero-order chi connectivity index (χ0) is 12.1. The Labute approximate surface area is 102 Å². The van der Waals surface area contributed by atoms with E-state index in [-0.39, 0.29) is 5.91 Å². The fourth-order valence-corrected chi connectivity index (χ4v) is 1.52. The summed E-state index contributed by atoms with van der Waals surface area (Å²) in [6.07, 6.45) is 1.57. The molecule has 1 amide bonds. The first-order valence-electron chi connectivity index (χ1n) is 5.59. The van der Waals surface area contributed by atoms with Crippen molar-refractivity contribution in [1.82, 2.24) is 0 Å². The molecule has 0 aliphatic carbocycles. The van der Waals surface area contributed by atoms with Gasteiger partial charge in [-0.3, -0.25) is 4.79 Å². The molecule has 88 valence electrons. The van der Waals surface area contributed by atoms with E-state index in [1.54, 1.807) is 6.07 Å². The molecule has 16 heavy (non-hydrogen) atoms. The van der Waals surface area contributed by atoms with Gasteiger partial charge in [-0.05, 0) is 30.5 Å². The fourth-order valence-electron chi connectivity index (χ4n) is 1.34. The van der Waals surface area contributed by atoms with Gasteiger partial charge in [0.25, 0.3) is 0 Å². The molecule has 1 aromatic carbocycles. The zero-order valence-corrected chi connectivity index (χ0v) is 10.8. The number of aryl methyl sites for hydroxylation is 1. The molecule has 0 heterocycles. The van der Waals surface area contributed by atoms with Crippen LogP contribution >= 0.6 is 11.6 Å². The fraction of sp³-hybridized carbons (Fsp3) is 0.462. The third kappa shape index (κ3) is 3.86. The number of carbonyl (C=O) groups is 1. The van der Waals surface area contributed by atoms with Crippen LogP contribution in [0.3, 0.4) is 0 Å². The highest BCUT2D eigenvalue weighted by molar-refractivity contribution is 6.31. The van der Waals surface area contributed by atoms with Gasteiger partial charge in [0.2, 0.25) is 5.91 Å². The maximum Gasteiger partial charge on any atom is 0.224 e. The average molecular weight is 240 g/mol. The number of nitrogens with one attached hydrogen (secondary N) is 1. The molecule has 0 radical (unpaired) electrons. The van der Waals surface area contributed by atoms with Crippen LogP contribution in [0.15, 0.2) is 18.2 Å². The molecule has 0 bridgehead atoms. The van der Waals surface area contributed by atoms with E-state index in [9.17, 15) is 4.79 Å². The lowest BCUT2D eigenvalue weighted by Crippen LogP contribution is -2.14. The van der Waals surface area contributed by atoms with Gasteiger partial charge in [0.1, 0.15) is 0 Å². The Hall–Kier alpha value is -1.02. The zero-order valence-electron chi connectivity index (χ0n) is 10.0. The first kappa shape index (κ1) is 13.0. The first-order chi connectivity index (χ1) is 7.52. The molecule has 0 saturated carbocycles. The van der Waals surface area contributed by atoms with Crippen molar-refractivity contribution < 1.29 is 4.79 Å². The molecular weight excluding hydrogens is 222 g/mol. The average Bonchev–Trinajstić information content (AvgIpc) is 2.23. The predicted molar refractivity (Wildman–Crippen MR) is 68.9 cm³/mol. The molecule has 0 aromatic heterocycles. The number of amides is 1. The van der Waals surface area contributed by atoms with Crippen molar-refractivity contribution in [1.29, 1.82) is 0 Å². The highest BCUT2D eigenvalue weighted by atomic mass is 35.5. The van der Waals surface area contributed by atoms with Gasteiger partial charge >= 0.3 is 0 Å². The molecular formula is C13H18ClNO. The Morgan fingerprint density at radius 2 is 2.19 bits per heavy atom. The van der Waals surface area contributed by atoms with Crippen LogP contribution in [-0.4, -0.2) is 5.91 Å². The lowest BCUT2D eigenvalue weighted by Gasteiger charge is -2.10. The van der Waals surface area contributed by atoms with Gasteiger partial charge in [0.05, 0.1) is 0 Å². The summed E-state index contributed by atoms with van der Waals surface area (Å²) in [6, 6.07) is 5.56. The summed E-state index contributed by atoms with van der Waals surface area (Å²) in [6.45, 7) is 6.09. The van der Waals surface area contributed by atoms with Crippen LogP contribution in [0.4, 0.5) is 5.69 Å². The quantitative estimate of drug-likeness (QED) is 0.845. The third-order valence-electron chi connectivity index (χ3n) is 2.69. The third-order valence-corrected chi connectivity index (χ3v) is 3.09. The first-order valence-corrected chi connectivity index (χ1v) is 5.96. The summed E-state index contributed by atoms with van der Waals surface area (Å²) >= 11 is 5.98. The molecule has 0 aliphatic rings. The van der Waals surface area contributed by atoms with Gasteiger partial charge in [0, 0.05) is 17.1 Å². The van der Waals surface area contributed by atoms with Crippen LogP contribution in [0, 0.1) is 12.8 Å². The summed E-state index contributed by atoms with van der Waals surface area (Å²) in [5, 5.41) is 3.53. The Bertz CT molecular complexity index is 376. The molecule has 2 nitrogen and oxygen atoms in total. The van der Waals surface area contributed by atoms with Gasteiger partial charge in [-0.2, -0.15) is 0 Å². The second-order valence-electron chi connectivity index (χ2n) is 4.23. The van der Waals surface area contributed by atoms with E-state index >= 15 is 0 Å². The van der Waals surface area contributed by atoms with Crippen molar-refractivity contribution in [2.24, 2.45) is 5.92 Å². The lowest BCUT2D eigenvalue weighted by atomic mass is 10.1. The van der Waals surface area contributed by atoms with E-state index in [1.165, 1.54) is 0 Å². The van der Waals surface area contributed by atoms with Crippen molar-refractivity contribution in [3.8, 4) is 0 Å². The number of halogens is 1. The predicted octanol–water partition coefficient (Wildman–Crippen LogP) is 4.02. The van der Waals surface area contributed by atoms with Crippen LogP contribution < -0.4 is 5.32 Å². The monoisotopic (exact) mass is 239 g/mol. The topological polar surface area (TPSA) is 29.1 Å². The molecule has 0 aliphatic heterocycles. The summed E-state index contributed by atoms with van der Waals surface area (Å²) in [7, 11) is 0. The minimum Gasteiger partial charge on any atom is -0.326 e. The van der Waals surface area contributed by atoms with Gasteiger partial charge in [-0.15, -0.1) is 0 Å². The second-order valence-corrected chi connectivity index (χ2v) is 4.64. The largest absolute Gasteiger partial charge is 0.326 e. The molecule has 1 N–H and O–H groups in total. The van der Waals surface area contributed by atoms with Gasteiger partial charge in [-0.25, -0.2) is 0 Å². The number of carbonyl (C=O) groups excluding carboxylic acids is 1. The van der Waals surface area contributed by atoms with Crippen molar-refractivity contribution in [2.75, 3.05) is 5.32 Å². The Morgan fingerprint density at radius 3 is 2.75 bits per heavy atom. The van der Waals surface area contributed by atoms with Crippen LogP contribution in [0.1, 0.15) is 32.3 Å². The van der Waals surface area contributed by atoms with E-state index in [4.69, 9.17) is 11.6 Å². The van der Waals surface area contributed by atoms with Crippen molar-refractivity contribution in [2.45, 2.75) is 33.6 Å². The van der Waals surface area contributed by atoms with Crippen molar-refractivity contribution >= 4 is 23.2 Å². The molecule has 0 spiro atoms. The minimum absolute atomic E-state index is 0.0502. The van der Waals surface area contributed by atoms with Crippen molar-refractivity contribution in [3.05, 3.63) is 28.8 Å². The number of anilines is 1. The summed E-state index contributed by atoms with van der Waals surface area (Å²) in [4.78, 5) is 11.6. The second kappa shape index (κ2) is 5.90. The molecule has 3 heteroatoms. The van der Waals surface area contributed by atoms with E-state index < -0.39 is 0 Å². The van der Waals surface area contributed by atoms with Crippen LogP contribution in [-0.2, 0) is 4.79 Å². The molecule has 0 saturated heterocycles. The van der Waals surface area contributed by atoms with E-state index in [0.29, 0.717) is 17.4 Å².